The van der Waals surface area contributed by atoms with Crippen molar-refractivity contribution in [2.45, 2.75) is 6.92 Å². The van der Waals surface area contributed by atoms with Gasteiger partial charge in [-0.1, -0.05) is 96.6 Å². The lowest BCUT2D eigenvalue weighted by Gasteiger charge is -2.25. The summed E-state index contributed by atoms with van der Waals surface area (Å²) in [7, 11) is 0. The normalized spacial score (nSPS) is 10.8. The smallest absolute Gasteiger partial charge is 0.182 e. The van der Waals surface area contributed by atoms with Gasteiger partial charge in [0.25, 0.3) is 0 Å². The van der Waals surface area contributed by atoms with Crippen LogP contribution in [0.15, 0.2) is 140 Å². The van der Waals surface area contributed by atoms with Gasteiger partial charge in [-0.05, 0) is 55.5 Å². The highest BCUT2D eigenvalue weighted by molar-refractivity contribution is 5.77. The summed E-state index contributed by atoms with van der Waals surface area (Å²) in [6.45, 7) is 2.09. The summed E-state index contributed by atoms with van der Waals surface area (Å²) in [6, 6.07) is 47.9. The number of hydrogen-bond donors (Lipinski definition) is 0. The van der Waals surface area contributed by atoms with E-state index >= 15 is 0 Å². The molecule has 0 bridgehead atoms. The molecule has 178 valence electrons. The fraction of sp³-hybridized carbons (Fsp3) is 0.0303. The predicted octanol–water partition coefficient (Wildman–Crippen LogP) is 8.38. The monoisotopic (exact) mass is 478 g/mol. The summed E-state index contributed by atoms with van der Waals surface area (Å²) >= 11 is 0. The second kappa shape index (κ2) is 9.96. The molecule has 0 saturated carbocycles. The van der Waals surface area contributed by atoms with Crippen molar-refractivity contribution in [2.24, 2.45) is 0 Å². The lowest BCUT2D eigenvalue weighted by Crippen LogP contribution is -2.10. The zero-order valence-electron chi connectivity index (χ0n) is 20.6. The van der Waals surface area contributed by atoms with Gasteiger partial charge in [-0.15, -0.1) is 5.10 Å². The van der Waals surface area contributed by atoms with Crippen LogP contribution in [0.4, 0.5) is 17.1 Å². The summed E-state index contributed by atoms with van der Waals surface area (Å²) in [5.74, 6) is 1.52. The number of benzene rings is 5. The van der Waals surface area contributed by atoms with Gasteiger partial charge in [0, 0.05) is 28.2 Å². The summed E-state index contributed by atoms with van der Waals surface area (Å²) in [5, 5.41) is 4.93. The van der Waals surface area contributed by atoms with Crippen LogP contribution in [0.3, 0.4) is 0 Å². The molecule has 0 aliphatic rings. The Kier molecular flexibility index (Phi) is 6.05. The zero-order chi connectivity index (χ0) is 25.0. The van der Waals surface area contributed by atoms with Gasteiger partial charge in [0.2, 0.25) is 0 Å². The van der Waals surface area contributed by atoms with Gasteiger partial charge in [0.1, 0.15) is 0 Å². The van der Waals surface area contributed by atoms with Crippen LogP contribution >= 0.6 is 0 Å². The lowest BCUT2D eigenvalue weighted by molar-refractivity contribution is 0.890. The minimum absolute atomic E-state index is 0.704. The van der Waals surface area contributed by atoms with E-state index < -0.39 is 0 Å². The second-order valence-corrected chi connectivity index (χ2v) is 8.93. The Morgan fingerprint density at radius 1 is 0.514 bits per heavy atom. The van der Waals surface area contributed by atoms with E-state index in [9.17, 15) is 0 Å². The molecule has 0 N–H and O–H groups in total. The molecule has 0 atom stereocenters. The maximum atomic E-state index is 4.95. The van der Waals surface area contributed by atoms with Crippen molar-refractivity contribution in [3.05, 3.63) is 145 Å². The van der Waals surface area contributed by atoms with Gasteiger partial charge in [-0.3, -0.25) is 0 Å². The van der Waals surface area contributed by atoms with Crippen LogP contribution < -0.4 is 4.90 Å². The summed E-state index contributed by atoms with van der Waals surface area (Å²) in [6.07, 6.45) is 0. The third kappa shape index (κ3) is 4.65. The molecule has 0 spiro atoms. The van der Waals surface area contributed by atoms with Crippen molar-refractivity contribution >= 4 is 17.1 Å². The van der Waals surface area contributed by atoms with Crippen molar-refractivity contribution in [1.82, 2.24) is 14.8 Å². The van der Waals surface area contributed by atoms with Gasteiger partial charge in [-0.25, -0.2) is 9.67 Å². The van der Waals surface area contributed by atoms with Crippen molar-refractivity contribution in [1.29, 1.82) is 0 Å². The quantitative estimate of drug-likeness (QED) is 0.241. The number of anilines is 3. The molecular formula is C33H26N4. The Morgan fingerprint density at radius 3 is 1.59 bits per heavy atom. The first-order valence-electron chi connectivity index (χ1n) is 12.4. The first-order chi connectivity index (χ1) is 18.3. The Morgan fingerprint density at radius 2 is 1.03 bits per heavy atom. The highest BCUT2D eigenvalue weighted by atomic mass is 15.4. The van der Waals surface area contributed by atoms with E-state index in [1.807, 2.05) is 47.1 Å². The van der Waals surface area contributed by atoms with Crippen LogP contribution in [-0.2, 0) is 0 Å². The molecule has 4 nitrogen and oxygen atoms in total. The highest BCUT2D eigenvalue weighted by Crippen LogP contribution is 2.35. The largest absolute Gasteiger partial charge is 0.311 e. The molecule has 0 saturated heterocycles. The van der Waals surface area contributed by atoms with Crippen molar-refractivity contribution in [3.8, 4) is 28.5 Å². The van der Waals surface area contributed by atoms with E-state index in [1.54, 1.807) is 0 Å². The molecule has 0 fully saturated rings. The van der Waals surface area contributed by atoms with E-state index in [-0.39, 0.29) is 0 Å². The fourth-order valence-electron chi connectivity index (χ4n) is 4.44. The zero-order valence-corrected chi connectivity index (χ0v) is 20.6. The fourth-order valence-corrected chi connectivity index (χ4v) is 4.44. The van der Waals surface area contributed by atoms with Gasteiger partial charge in [-0.2, -0.15) is 0 Å². The Labute approximate surface area is 217 Å². The molecule has 37 heavy (non-hydrogen) atoms. The number of aromatic nitrogens is 3. The topological polar surface area (TPSA) is 34.0 Å². The molecule has 6 rings (SSSR count). The SMILES string of the molecule is Cc1ccc(-c2nc(-c3ccccc3)nn2-c2ccc(N(c3ccccc3)c3ccccc3)cc2)cc1. The Hall–Kier alpha value is -4.96. The number of hydrogen-bond acceptors (Lipinski definition) is 3. The summed E-state index contributed by atoms with van der Waals surface area (Å²) in [4.78, 5) is 7.20. The van der Waals surface area contributed by atoms with Gasteiger partial charge < -0.3 is 4.90 Å². The molecule has 0 radical (unpaired) electrons. The molecule has 1 aromatic heterocycles. The van der Waals surface area contributed by atoms with E-state index in [2.05, 4.69) is 109 Å². The van der Waals surface area contributed by atoms with Crippen molar-refractivity contribution in [2.75, 3.05) is 4.90 Å². The molecule has 5 aromatic carbocycles. The Bertz CT molecular complexity index is 1550. The van der Waals surface area contributed by atoms with E-state index in [1.165, 1.54) is 5.56 Å². The first kappa shape index (κ1) is 22.5. The second-order valence-electron chi connectivity index (χ2n) is 8.93. The van der Waals surface area contributed by atoms with Crippen LogP contribution in [0.2, 0.25) is 0 Å². The highest BCUT2D eigenvalue weighted by Gasteiger charge is 2.16. The van der Waals surface area contributed by atoms with Crippen LogP contribution in [0.1, 0.15) is 5.56 Å². The molecule has 4 heteroatoms. The molecule has 0 aliphatic heterocycles. The standard InChI is InChI=1S/C33H26N4/c1-25-17-19-27(20-18-25)33-34-32(26-11-5-2-6-12-26)35-37(33)31-23-21-30(22-24-31)36(28-13-7-3-8-14-28)29-15-9-4-10-16-29/h2-24H,1H3. The molecule has 0 amide bonds. The first-order valence-corrected chi connectivity index (χ1v) is 12.4. The number of para-hydroxylation sites is 2. The maximum Gasteiger partial charge on any atom is 0.182 e. The number of aryl methyl sites for hydroxylation is 1. The molecule has 6 aromatic rings. The molecular weight excluding hydrogens is 452 g/mol. The van der Waals surface area contributed by atoms with Crippen LogP contribution in [0.25, 0.3) is 28.5 Å². The minimum Gasteiger partial charge on any atom is -0.311 e. The van der Waals surface area contributed by atoms with Gasteiger partial charge in [0.05, 0.1) is 5.69 Å². The third-order valence-corrected chi connectivity index (χ3v) is 6.33. The number of nitrogens with zero attached hydrogens (tertiary/aromatic N) is 4. The van der Waals surface area contributed by atoms with Crippen LogP contribution in [0, 0.1) is 6.92 Å². The predicted molar refractivity (Wildman–Crippen MR) is 152 cm³/mol. The summed E-state index contributed by atoms with van der Waals surface area (Å²) in [5.41, 5.74) is 7.47. The van der Waals surface area contributed by atoms with E-state index in [0.717, 1.165) is 39.7 Å². The Balaban J connectivity index is 1.44. The average molecular weight is 479 g/mol. The van der Waals surface area contributed by atoms with Crippen molar-refractivity contribution in [3.63, 3.8) is 0 Å². The average Bonchev–Trinajstić information content (AvgIpc) is 3.41. The minimum atomic E-state index is 0.704. The van der Waals surface area contributed by atoms with Gasteiger partial charge >= 0.3 is 0 Å². The molecule has 1 heterocycles. The van der Waals surface area contributed by atoms with E-state index in [4.69, 9.17) is 10.1 Å². The van der Waals surface area contributed by atoms with E-state index in [0.29, 0.717) is 5.82 Å². The third-order valence-electron chi connectivity index (χ3n) is 6.33. The lowest BCUT2D eigenvalue weighted by atomic mass is 10.1. The molecule has 0 aliphatic carbocycles. The maximum absolute atomic E-state index is 4.95. The van der Waals surface area contributed by atoms with Crippen molar-refractivity contribution < 1.29 is 0 Å². The van der Waals surface area contributed by atoms with Crippen LogP contribution in [-0.4, -0.2) is 14.8 Å². The number of rotatable bonds is 6. The molecule has 0 unspecified atom stereocenters. The van der Waals surface area contributed by atoms with Gasteiger partial charge in [0.15, 0.2) is 11.6 Å². The van der Waals surface area contributed by atoms with Crippen LogP contribution in [0.5, 0.6) is 0 Å². The summed E-state index contributed by atoms with van der Waals surface area (Å²) < 4.78 is 1.94.